The van der Waals surface area contributed by atoms with E-state index in [0.717, 1.165) is 18.2 Å². The molecule has 0 spiro atoms. The van der Waals surface area contributed by atoms with Crippen LogP contribution in [0.15, 0.2) is 23.1 Å². The first-order valence-electron chi connectivity index (χ1n) is 3.31. The van der Waals surface area contributed by atoms with Crippen molar-refractivity contribution in [2.24, 2.45) is 0 Å². The van der Waals surface area contributed by atoms with Crippen LogP contribution in [0.1, 0.15) is 0 Å². The summed E-state index contributed by atoms with van der Waals surface area (Å²) in [7, 11) is -5.09. The van der Waals surface area contributed by atoms with Gasteiger partial charge in [0, 0.05) is 11.8 Å². The van der Waals surface area contributed by atoms with Gasteiger partial charge in [0.05, 0.1) is 4.92 Å². The Hall–Kier alpha value is -1.70. The number of nitrogens with zero attached hydrogens (tertiary/aromatic N) is 1. The summed E-state index contributed by atoms with van der Waals surface area (Å²) in [4.78, 5) is 8.34. The van der Waals surface area contributed by atoms with E-state index in [-0.39, 0.29) is 5.69 Å². The van der Waals surface area contributed by atoms with Crippen LogP contribution in [0, 0.1) is 10.1 Å². The van der Waals surface area contributed by atoms with E-state index in [2.05, 4.69) is 0 Å². The van der Waals surface area contributed by atoms with Crippen LogP contribution in [0.25, 0.3) is 0 Å². The lowest BCUT2D eigenvalue weighted by Gasteiger charge is -1.98. The molecule has 0 amide bonds. The van der Waals surface area contributed by atoms with Crippen molar-refractivity contribution >= 4 is 21.6 Å². The second kappa shape index (κ2) is 3.22. The third kappa shape index (κ3) is 1.96. The molecule has 0 aliphatic rings. The van der Waals surface area contributed by atoms with Crippen molar-refractivity contribution in [1.29, 1.82) is 0 Å². The number of hydrogen-bond acceptors (Lipinski definition) is 5. The first kappa shape index (κ1) is 10.4. The molecule has 1 aromatic rings. The predicted molar refractivity (Wildman–Crippen MR) is 45.8 cm³/mol. The molecule has 0 aromatic heterocycles. The fourth-order valence-electron chi connectivity index (χ4n) is 0.883. The molecule has 76 valence electrons. The number of nitrogen functional groups attached to an aromatic ring is 1. The number of anilines is 1. The smallest absolute Gasteiger partial charge is 0.338 e. The van der Waals surface area contributed by atoms with E-state index >= 15 is 0 Å². The highest BCUT2D eigenvalue weighted by Crippen LogP contribution is 2.27. The first-order valence-corrected chi connectivity index (χ1v) is 4.69. The van der Waals surface area contributed by atoms with Crippen molar-refractivity contribution in [2.75, 3.05) is 5.73 Å². The van der Waals surface area contributed by atoms with Crippen molar-refractivity contribution in [1.82, 2.24) is 0 Å². The lowest BCUT2D eigenvalue weighted by molar-refractivity contribution is -0.387. The predicted octanol–water partition coefficient (Wildman–Crippen LogP) is 0.835. The van der Waals surface area contributed by atoms with Gasteiger partial charge in [-0.05, 0) is 12.1 Å². The van der Waals surface area contributed by atoms with E-state index in [1.807, 2.05) is 0 Å². The van der Waals surface area contributed by atoms with E-state index in [1.54, 1.807) is 0 Å². The van der Waals surface area contributed by atoms with Gasteiger partial charge in [0.25, 0.3) is 5.69 Å². The zero-order chi connectivity index (χ0) is 10.9. The SMILES string of the molecule is Nc1ccc(S(=O)(=O)F)c([N+](=O)[O-])c1. The summed E-state index contributed by atoms with van der Waals surface area (Å²) in [5.41, 5.74) is 4.31. The van der Waals surface area contributed by atoms with Gasteiger partial charge in [-0.3, -0.25) is 10.1 Å². The Kier molecular flexibility index (Phi) is 2.39. The molecule has 1 rings (SSSR count). The zero-order valence-electron chi connectivity index (χ0n) is 6.68. The topological polar surface area (TPSA) is 103 Å². The van der Waals surface area contributed by atoms with Crippen LogP contribution in [-0.4, -0.2) is 13.3 Å². The van der Waals surface area contributed by atoms with Crippen molar-refractivity contribution in [3.63, 3.8) is 0 Å². The van der Waals surface area contributed by atoms with E-state index in [9.17, 15) is 22.4 Å². The third-order valence-corrected chi connectivity index (χ3v) is 2.31. The van der Waals surface area contributed by atoms with E-state index in [4.69, 9.17) is 5.73 Å². The second-order valence-electron chi connectivity index (χ2n) is 2.42. The molecule has 0 fully saturated rings. The van der Waals surface area contributed by atoms with Crippen molar-refractivity contribution < 1.29 is 17.2 Å². The van der Waals surface area contributed by atoms with Crippen molar-refractivity contribution in [2.45, 2.75) is 4.90 Å². The largest absolute Gasteiger partial charge is 0.399 e. The quantitative estimate of drug-likeness (QED) is 0.344. The fraction of sp³-hybridized carbons (Fsp3) is 0. The third-order valence-electron chi connectivity index (χ3n) is 1.44. The first-order chi connectivity index (χ1) is 6.32. The van der Waals surface area contributed by atoms with Crippen LogP contribution in [0.3, 0.4) is 0 Å². The molecule has 1 aromatic carbocycles. The molecular formula is C6H5FN2O4S. The van der Waals surface area contributed by atoms with Gasteiger partial charge in [-0.25, -0.2) is 0 Å². The van der Waals surface area contributed by atoms with E-state index in [0.29, 0.717) is 0 Å². The van der Waals surface area contributed by atoms with Crippen LogP contribution < -0.4 is 5.73 Å². The summed E-state index contributed by atoms with van der Waals surface area (Å²) < 4.78 is 33.4. The minimum Gasteiger partial charge on any atom is -0.399 e. The maximum atomic E-state index is 12.5. The molecule has 0 atom stereocenters. The maximum Gasteiger partial charge on any atom is 0.338 e. The molecule has 0 bridgehead atoms. The average molecular weight is 220 g/mol. The highest BCUT2D eigenvalue weighted by atomic mass is 32.3. The molecular weight excluding hydrogens is 215 g/mol. The van der Waals surface area contributed by atoms with Crippen LogP contribution in [0.5, 0.6) is 0 Å². The molecule has 0 unspecified atom stereocenters. The lowest BCUT2D eigenvalue weighted by atomic mass is 10.3. The van der Waals surface area contributed by atoms with Crippen LogP contribution in [-0.2, 0) is 10.2 Å². The summed E-state index contributed by atoms with van der Waals surface area (Å²) >= 11 is 0. The monoisotopic (exact) mass is 220 g/mol. The molecule has 8 heteroatoms. The molecule has 0 radical (unpaired) electrons. The molecule has 0 saturated heterocycles. The minimum atomic E-state index is -5.09. The Morgan fingerprint density at radius 3 is 2.43 bits per heavy atom. The van der Waals surface area contributed by atoms with Gasteiger partial charge >= 0.3 is 10.2 Å². The molecule has 0 saturated carbocycles. The maximum absolute atomic E-state index is 12.5. The summed E-state index contributed by atoms with van der Waals surface area (Å²) in [6, 6.07) is 2.61. The van der Waals surface area contributed by atoms with Gasteiger partial charge in [-0.2, -0.15) is 8.42 Å². The number of rotatable bonds is 2. The van der Waals surface area contributed by atoms with Gasteiger partial charge < -0.3 is 5.73 Å². The fourth-order valence-corrected chi connectivity index (χ4v) is 1.50. The van der Waals surface area contributed by atoms with Gasteiger partial charge in [-0.15, -0.1) is 3.89 Å². The highest BCUT2D eigenvalue weighted by molar-refractivity contribution is 7.86. The number of benzene rings is 1. The van der Waals surface area contributed by atoms with Crippen molar-refractivity contribution in [3.8, 4) is 0 Å². The lowest BCUT2D eigenvalue weighted by Crippen LogP contribution is -2.00. The minimum absolute atomic E-state index is 0.0101. The summed E-state index contributed by atoms with van der Waals surface area (Å²) in [5, 5.41) is 10.3. The van der Waals surface area contributed by atoms with Crippen molar-refractivity contribution in [3.05, 3.63) is 28.3 Å². The Morgan fingerprint density at radius 2 is 2.00 bits per heavy atom. The number of nitrogens with two attached hydrogens (primary N) is 1. The molecule has 0 aliphatic carbocycles. The van der Waals surface area contributed by atoms with Crippen LogP contribution in [0.2, 0.25) is 0 Å². The Balaban J connectivity index is 3.53. The van der Waals surface area contributed by atoms with Gasteiger partial charge in [0.15, 0.2) is 4.90 Å². The van der Waals surface area contributed by atoms with Gasteiger partial charge in [0.2, 0.25) is 0 Å². The second-order valence-corrected chi connectivity index (χ2v) is 3.74. The van der Waals surface area contributed by atoms with Gasteiger partial charge in [-0.1, -0.05) is 0 Å². The molecule has 2 N–H and O–H groups in total. The van der Waals surface area contributed by atoms with E-state index < -0.39 is 25.7 Å². The van der Waals surface area contributed by atoms with E-state index in [1.165, 1.54) is 0 Å². The normalized spacial score (nSPS) is 11.2. The number of nitro benzene ring substituents is 1. The van der Waals surface area contributed by atoms with Crippen LogP contribution in [0.4, 0.5) is 15.3 Å². The molecule has 0 heterocycles. The average Bonchev–Trinajstić information content (AvgIpc) is 2.01. The summed E-state index contributed by atoms with van der Waals surface area (Å²) in [5.74, 6) is 0. The molecule has 14 heavy (non-hydrogen) atoms. The standard InChI is InChI=1S/C6H5FN2O4S/c7-14(12,13)6-2-1-4(8)3-5(6)9(10)11/h1-3H,8H2. The number of halogens is 1. The number of nitro groups is 1. The summed E-state index contributed by atoms with van der Waals surface area (Å²) in [6.07, 6.45) is 0. The summed E-state index contributed by atoms with van der Waals surface area (Å²) in [6.45, 7) is 0. The van der Waals surface area contributed by atoms with Gasteiger partial charge in [0.1, 0.15) is 0 Å². The van der Waals surface area contributed by atoms with Crippen LogP contribution >= 0.6 is 0 Å². The Morgan fingerprint density at radius 1 is 1.43 bits per heavy atom. The Labute approximate surface area is 78.5 Å². The molecule has 0 aliphatic heterocycles. The molecule has 6 nitrogen and oxygen atoms in total. The Bertz CT molecular complexity index is 485. The highest BCUT2D eigenvalue weighted by Gasteiger charge is 2.25. The number of hydrogen-bond donors (Lipinski definition) is 1. The zero-order valence-corrected chi connectivity index (χ0v) is 7.49.